The molecule has 0 saturated heterocycles. The lowest BCUT2D eigenvalue weighted by Crippen LogP contribution is -2.11. The van der Waals surface area contributed by atoms with Crippen molar-refractivity contribution in [3.8, 4) is 17.2 Å². The van der Waals surface area contributed by atoms with Crippen molar-refractivity contribution in [1.82, 2.24) is 4.57 Å². The summed E-state index contributed by atoms with van der Waals surface area (Å²) >= 11 is 0. The van der Waals surface area contributed by atoms with Gasteiger partial charge < -0.3 is 19.5 Å². The summed E-state index contributed by atoms with van der Waals surface area (Å²) in [5, 5.41) is 3.50. The number of aromatic nitrogens is 1. The van der Waals surface area contributed by atoms with Crippen molar-refractivity contribution < 1.29 is 28.6 Å². The maximum absolute atomic E-state index is 13.3. The number of nitrogens with zero attached hydrogens (tertiary/aromatic N) is 1. The van der Waals surface area contributed by atoms with Crippen LogP contribution >= 0.6 is 0 Å². The number of anilines is 1. The first-order valence-corrected chi connectivity index (χ1v) is 11.4. The van der Waals surface area contributed by atoms with Crippen molar-refractivity contribution in [2.45, 2.75) is 6.92 Å². The second-order valence-electron chi connectivity index (χ2n) is 8.15. The van der Waals surface area contributed by atoms with Gasteiger partial charge in [-0.15, -0.1) is 0 Å². The van der Waals surface area contributed by atoms with Crippen LogP contribution in [0.3, 0.4) is 0 Å². The molecule has 0 saturated carbocycles. The molecule has 37 heavy (non-hydrogen) atoms. The van der Waals surface area contributed by atoms with E-state index in [0.29, 0.717) is 45.1 Å². The molecule has 0 aliphatic carbocycles. The zero-order valence-electron chi connectivity index (χ0n) is 20.9. The van der Waals surface area contributed by atoms with Crippen LogP contribution in [0.25, 0.3) is 17.0 Å². The summed E-state index contributed by atoms with van der Waals surface area (Å²) in [6.45, 7) is 1.42. The number of allylic oxidation sites excluding steroid dienone is 1. The van der Waals surface area contributed by atoms with E-state index in [4.69, 9.17) is 14.2 Å². The Morgan fingerprint density at radius 1 is 0.838 bits per heavy atom. The van der Waals surface area contributed by atoms with Gasteiger partial charge in [0, 0.05) is 40.9 Å². The molecule has 0 unspecified atom stereocenters. The van der Waals surface area contributed by atoms with Gasteiger partial charge >= 0.3 is 0 Å². The molecule has 0 spiro atoms. The summed E-state index contributed by atoms with van der Waals surface area (Å²) in [5.74, 6) is 0.470. The van der Waals surface area contributed by atoms with Crippen molar-refractivity contribution in [2.24, 2.45) is 0 Å². The van der Waals surface area contributed by atoms with Crippen LogP contribution in [0.5, 0.6) is 17.2 Å². The minimum Gasteiger partial charge on any atom is -0.493 e. The predicted octanol–water partition coefficient (Wildman–Crippen LogP) is 5.21. The fourth-order valence-electron chi connectivity index (χ4n) is 4.03. The number of carbonyl (C=O) groups is 3. The van der Waals surface area contributed by atoms with E-state index < -0.39 is 0 Å². The molecular formula is C29H26N2O6. The molecule has 4 rings (SSSR count). The van der Waals surface area contributed by atoms with E-state index in [1.165, 1.54) is 34.3 Å². The highest BCUT2D eigenvalue weighted by Gasteiger charge is 2.17. The molecule has 0 aliphatic rings. The first-order chi connectivity index (χ1) is 17.9. The Morgan fingerprint density at radius 3 is 2.08 bits per heavy atom. The first-order valence-electron chi connectivity index (χ1n) is 11.4. The minimum absolute atomic E-state index is 0.187. The number of methoxy groups -OCH3 is 3. The maximum atomic E-state index is 13.3. The number of carbonyl (C=O) groups excluding carboxylic acids is 3. The number of rotatable bonds is 8. The molecule has 4 aromatic rings. The van der Waals surface area contributed by atoms with Crippen LogP contribution in [0, 0.1) is 0 Å². The number of ketones is 1. The van der Waals surface area contributed by atoms with Crippen molar-refractivity contribution in [3.63, 3.8) is 0 Å². The number of nitrogens with one attached hydrogen (secondary N) is 1. The van der Waals surface area contributed by atoms with E-state index in [-0.39, 0.29) is 17.6 Å². The highest BCUT2D eigenvalue weighted by molar-refractivity contribution is 6.09. The number of fused-ring (bicyclic) bond motifs is 1. The van der Waals surface area contributed by atoms with Crippen LogP contribution in [0.2, 0.25) is 0 Å². The number of amides is 1. The van der Waals surface area contributed by atoms with Crippen LogP contribution in [0.1, 0.15) is 33.2 Å². The second kappa shape index (κ2) is 10.8. The van der Waals surface area contributed by atoms with Gasteiger partial charge in [0.05, 0.1) is 26.8 Å². The summed E-state index contributed by atoms with van der Waals surface area (Å²) in [6, 6.07) is 17.3. The van der Waals surface area contributed by atoms with Crippen molar-refractivity contribution in [3.05, 3.63) is 89.6 Å². The highest BCUT2D eigenvalue weighted by atomic mass is 16.5. The molecule has 8 heteroatoms. The zero-order valence-corrected chi connectivity index (χ0v) is 20.9. The Bertz CT molecular complexity index is 1490. The molecule has 1 amide bonds. The number of hydrogen-bond acceptors (Lipinski definition) is 6. The average Bonchev–Trinajstić information content (AvgIpc) is 3.29. The molecule has 0 atom stereocenters. The SMILES string of the molecule is COc1cc(C(=O)C=Cc2cn(C(=O)c3ccc(NC(C)=O)cc3)c3ccccc23)cc(OC)c1OC. The number of para-hydroxylation sites is 1. The van der Waals surface area contributed by atoms with Crippen LogP contribution in [-0.4, -0.2) is 43.5 Å². The topological polar surface area (TPSA) is 95.9 Å². The largest absolute Gasteiger partial charge is 0.493 e. The predicted molar refractivity (Wildman–Crippen MR) is 142 cm³/mol. The Kier molecular flexibility index (Phi) is 7.39. The molecule has 0 aliphatic heterocycles. The van der Waals surface area contributed by atoms with Crippen LogP contribution in [0.15, 0.2) is 72.9 Å². The van der Waals surface area contributed by atoms with E-state index in [9.17, 15) is 14.4 Å². The Morgan fingerprint density at radius 2 is 1.49 bits per heavy atom. The summed E-state index contributed by atoms with van der Waals surface area (Å²) < 4.78 is 17.6. The lowest BCUT2D eigenvalue weighted by Gasteiger charge is -2.13. The van der Waals surface area contributed by atoms with Gasteiger partial charge in [-0.1, -0.05) is 18.2 Å². The first kappa shape index (κ1) is 25.2. The van der Waals surface area contributed by atoms with E-state index >= 15 is 0 Å². The van der Waals surface area contributed by atoms with E-state index in [2.05, 4.69) is 5.32 Å². The van der Waals surface area contributed by atoms with E-state index in [0.717, 1.165) is 5.39 Å². The molecule has 1 aromatic heterocycles. The molecule has 1 N–H and O–H groups in total. The van der Waals surface area contributed by atoms with Crippen molar-refractivity contribution in [1.29, 1.82) is 0 Å². The third-order valence-electron chi connectivity index (χ3n) is 5.78. The third kappa shape index (κ3) is 5.23. The molecule has 0 radical (unpaired) electrons. The third-order valence-corrected chi connectivity index (χ3v) is 5.78. The van der Waals surface area contributed by atoms with Gasteiger partial charge in [-0.25, -0.2) is 0 Å². The van der Waals surface area contributed by atoms with Gasteiger partial charge in [0.25, 0.3) is 5.91 Å². The number of hydrogen-bond donors (Lipinski definition) is 1. The molecule has 8 nitrogen and oxygen atoms in total. The number of benzene rings is 3. The normalized spacial score (nSPS) is 10.9. The van der Waals surface area contributed by atoms with Gasteiger partial charge in [0.2, 0.25) is 11.7 Å². The molecule has 0 fully saturated rings. The summed E-state index contributed by atoms with van der Waals surface area (Å²) in [7, 11) is 4.47. The molecule has 188 valence electrons. The van der Waals surface area contributed by atoms with E-state index in [1.54, 1.807) is 53.2 Å². The lowest BCUT2D eigenvalue weighted by atomic mass is 10.1. The van der Waals surface area contributed by atoms with Crippen molar-refractivity contribution in [2.75, 3.05) is 26.6 Å². The standard InChI is InChI=1S/C29H26N2O6/c1-18(32)30-22-12-9-19(10-13-22)29(34)31-17-20(23-7-5-6-8-24(23)31)11-14-25(33)21-15-26(35-2)28(37-4)27(16-21)36-3/h5-17H,1-4H3,(H,30,32). The zero-order chi connectivity index (χ0) is 26.5. The summed E-state index contributed by atoms with van der Waals surface area (Å²) in [5.41, 5.74) is 2.84. The quantitative estimate of drug-likeness (QED) is 0.265. The van der Waals surface area contributed by atoms with Crippen molar-refractivity contribution >= 4 is 40.3 Å². The fourth-order valence-corrected chi connectivity index (χ4v) is 4.03. The minimum atomic E-state index is -0.268. The van der Waals surface area contributed by atoms with E-state index in [1.807, 2.05) is 24.3 Å². The van der Waals surface area contributed by atoms with Gasteiger partial charge in [-0.05, 0) is 54.6 Å². The highest BCUT2D eigenvalue weighted by Crippen LogP contribution is 2.38. The molecule has 1 heterocycles. The molecule has 0 bridgehead atoms. The second-order valence-corrected chi connectivity index (χ2v) is 8.15. The van der Waals surface area contributed by atoms with Gasteiger partial charge in [0.1, 0.15) is 0 Å². The van der Waals surface area contributed by atoms with Crippen LogP contribution in [0.4, 0.5) is 5.69 Å². The monoisotopic (exact) mass is 498 g/mol. The van der Waals surface area contributed by atoms with Crippen LogP contribution in [-0.2, 0) is 4.79 Å². The Labute approximate surface area is 214 Å². The summed E-state index contributed by atoms with van der Waals surface area (Å²) in [4.78, 5) is 37.6. The smallest absolute Gasteiger partial charge is 0.262 e. The lowest BCUT2D eigenvalue weighted by molar-refractivity contribution is -0.114. The average molecular weight is 499 g/mol. The Hall–Kier alpha value is -4.85. The summed E-state index contributed by atoms with van der Waals surface area (Å²) in [6.07, 6.45) is 4.82. The van der Waals surface area contributed by atoms with Gasteiger partial charge in [0.15, 0.2) is 17.3 Å². The maximum Gasteiger partial charge on any atom is 0.262 e. The fraction of sp³-hybridized carbons (Fsp3) is 0.138. The molecular weight excluding hydrogens is 472 g/mol. The molecule has 3 aromatic carbocycles. The van der Waals surface area contributed by atoms with Crippen LogP contribution < -0.4 is 19.5 Å². The van der Waals surface area contributed by atoms with Gasteiger partial charge in [-0.2, -0.15) is 0 Å². The van der Waals surface area contributed by atoms with Gasteiger partial charge in [-0.3, -0.25) is 19.0 Å². The number of ether oxygens (including phenoxy) is 3. The Balaban J connectivity index is 1.66.